The molecule has 0 bridgehead atoms. The van der Waals surface area contributed by atoms with Crippen molar-refractivity contribution in [3.8, 4) is 0 Å². The monoisotopic (exact) mass is 310 g/mol. The molecule has 0 saturated carbocycles. The van der Waals surface area contributed by atoms with Crippen LogP contribution in [0, 0.1) is 5.92 Å². The lowest BCUT2D eigenvalue weighted by Gasteiger charge is -2.26. The van der Waals surface area contributed by atoms with E-state index in [1.165, 1.54) is 0 Å². The first-order valence-electron chi connectivity index (χ1n) is 6.99. The van der Waals surface area contributed by atoms with E-state index >= 15 is 0 Å². The van der Waals surface area contributed by atoms with Gasteiger partial charge < -0.3 is 5.32 Å². The lowest BCUT2D eigenvalue weighted by molar-refractivity contribution is 0.137. The molecular weight excluding hydrogens is 288 g/mol. The SMILES string of the molecule is C/C(=N\OC(=O)NC(C)(C)CC(C)C)c1ccc(Cl)cc1. The van der Waals surface area contributed by atoms with Gasteiger partial charge in [-0.05, 0) is 50.8 Å². The quantitative estimate of drug-likeness (QED) is 0.490. The number of amides is 1. The first-order chi connectivity index (χ1) is 9.69. The molecule has 5 heteroatoms. The second-order valence-corrected chi connectivity index (χ2v) is 6.61. The van der Waals surface area contributed by atoms with Gasteiger partial charge in [-0.3, -0.25) is 4.84 Å². The molecule has 0 saturated heterocycles. The van der Waals surface area contributed by atoms with Crippen molar-refractivity contribution in [2.45, 2.75) is 46.6 Å². The van der Waals surface area contributed by atoms with Gasteiger partial charge in [0.25, 0.3) is 0 Å². The molecule has 0 aliphatic heterocycles. The highest BCUT2D eigenvalue weighted by Crippen LogP contribution is 2.15. The van der Waals surface area contributed by atoms with Crippen LogP contribution in [-0.4, -0.2) is 17.3 Å². The Morgan fingerprint density at radius 3 is 2.43 bits per heavy atom. The molecule has 4 nitrogen and oxygen atoms in total. The van der Waals surface area contributed by atoms with Crippen molar-refractivity contribution in [3.05, 3.63) is 34.9 Å². The van der Waals surface area contributed by atoms with Gasteiger partial charge in [0.15, 0.2) is 0 Å². The molecule has 0 aromatic heterocycles. The maximum absolute atomic E-state index is 11.8. The summed E-state index contributed by atoms with van der Waals surface area (Å²) in [6.45, 7) is 9.92. The fraction of sp³-hybridized carbons (Fsp3) is 0.500. The molecule has 0 fully saturated rings. The zero-order valence-corrected chi connectivity index (χ0v) is 14.0. The summed E-state index contributed by atoms with van der Waals surface area (Å²) >= 11 is 5.82. The largest absolute Gasteiger partial charge is 0.433 e. The minimum atomic E-state index is -0.547. The maximum atomic E-state index is 11.8. The molecule has 0 unspecified atom stereocenters. The van der Waals surface area contributed by atoms with Crippen LogP contribution in [0.3, 0.4) is 0 Å². The van der Waals surface area contributed by atoms with Crippen LogP contribution in [-0.2, 0) is 4.84 Å². The number of rotatable bonds is 5. The zero-order valence-electron chi connectivity index (χ0n) is 13.2. The van der Waals surface area contributed by atoms with Gasteiger partial charge in [-0.1, -0.05) is 42.7 Å². The number of hydrogen-bond acceptors (Lipinski definition) is 3. The molecule has 0 radical (unpaired) electrons. The minimum absolute atomic E-state index is 0.324. The second kappa shape index (κ2) is 7.46. The Morgan fingerprint density at radius 2 is 1.90 bits per heavy atom. The Hall–Kier alpha value is -1.55. The summed E-state index contributed by atoms with van der Waals surface area (Å²) in [6, 6.07) is 7.18. The molecule has 0 spiro atoms. The van der Waals surface area contributed by atoms with Crippen molar-refractivity contribution < 1.29 is 9.63 Å². The third kappa shape index (κ3) is 6.63. The van der Waals surface area contributed by atoms with E-state index in [0.29, 0.717) is 16.7 Å². The average Bonchev–Trinajstić information content (AvgIpc) is 2.34. The Balaban J connectivity index is 2.59. The van der Waals surface area contributed by atoms with E-state index < -0.39 is 6.09 Å². The van der Waals surface area contributed by atoms with Gasteiger partial charge in [0.05, 0.1) is 5.71 Å². The van der Waals surface area contributed by atoms with Gasteiger partial charge in [0.1, 0.15) is 0 Å². The summed E-state index contributed by atoms with van der Waals surface area (Å²) in [6.07, 6.45) is 0.316. The van der Waals surface area contributed by atoms with Crippen molar-refractivity contribution in [2.75, 3.05) is 0 Å². The van der Waals surface area contributed by atoms with E-state index in [2.05, 4.69) is 24.3 Å². The predicted octanol–water partition coefficient (Wildman–Crippen LogP) is 4.61. The Labute approximate surface area is 131 Å². The predicted molar refractivity (Wildman–Crippen MR) is 86.8 cm³/mol. The third-order valence-electron chi connectivity index (χ3n) is 2.89. The Kier molecular flexibility index (Phi) is 6.21. The van der Waals surface area contributed by atoms with Crippen LogP contribution in [0.1, 0.15) is 46.6 Å². The first kappa shape index (κ1) is 17.5. The van der Waals surface area contributed by atoms with Crippen molar-refractivity contribution in [2.24, 2.45) is 11.1 Å². The van der Waals surface area contributed by atoms with Gasteiger partial charge in [-0.2, -0.15) is 0 Å². The average molecular weight is 311 g/mol. The molecule has 1 rings (SSSR count). The summed E-state index contributed by atoms with van der Waals surface area (Å²) in [7, 11) is 0. The van der Waals surface area contributed by atoms with Gasteiger partial charge in [0.2, 0.25) is 0 Å². The lowest BCUT2D eigenvalue weighted by Crippen LogP contribution is -2.44. The van der Waals surface area contributed by atoms with Crippen LogP contribution in [0.2, 0.25) is 5.02 Å². The van der Waals surface area contributed by atoms with Crippen LogP contribution in [0.4, 0.5) is 4.79 Å². The number of benzene rings is 1. The van der Waals surface area contributed by atoms with E-state index in [4.69, 9.17) is 16.4 Å². The number of hydrogen-bond donors (Lipinski definition) is 1. The van der Waals surface area contributed by atoms with Gasteiger partial charge in [0, 0.05) is 10.6 Å². The van der Waals surface area contributed by atoms with Crippen LogP contribution in [0.25, 0.3) is 0 Å². The minimum Gasteiger partial charge on any atom is -0.315 e. The van der Waals surface area contributed by atoms with Crippen LogP contribution in [0.5, 0.6) is 0 Å². The summed E-state index contributed by atoms with van der Waals surface area (Å²) in [5.41, 5.74) is 1.15. The van der Waals surface area contributed by atoms with Crippen molar-refractivity contribution in [1.29, 1.82) is 0 Å². The van der Waals surface area contributed by atoms with E-state index in [0.717, 1.165) is 12.0 Å². The second-order valence-electron chi connectivity index (χ2n) is 6.17. The van der Waals surface area contributed by atoms with Crippen LogP contribution >= 0.6 is 11.6 Å². The maximum Gasteiger partial charge on any atom is 0.433 e. The summed E-state index contributed by atoms with van der Waals surface area (Å²) < 4.78 is 0. The summed E-state index contributed by atoms with van der Waals surface area (Å²) in [5.74, 6) is 0.486. The zero-order chi connectivity index (χ0) is 16.0. The molecule has 1 aromatic rings. The molecule has 21 heavy (non-hydrogen) atoms. The van der Waals surface area contributed by atoms with E-state index in [1.54, 1.807) is 19.1 Å². The van der Waals surface area contributed by atoms with E-state index in [9.17, 15) is 4.79 Å². The van der Waals surface area contributed by atoms with Crippen LogP contribution < -0.4 is 5.32 Å². The van der Waals surface area contributed by atoms with Gasteiger partial charge >= 0.3 is 6.09 Å². The number of carbonyl (C=O) groups excluding carboxylic acids is 1. The summed E-state index contributed by atoms with van der Waals surface area (Å²) in [4.78, 5) is 16.7. The standard InChI is InChI=1S/C16H23ClN2O2/c1-11(2)10-16(4,5)18-15(20)21-19-12(3)13-6-8-14(17)9-7-13/h6-9,11H,10H2,1-5H3,(H,18,20)/b19-12+. The molecule has 116 valence electrons. The summed E-state index contributed by atoms with van der Waals surface area (Å²) in [5, 5.41) is 7.32. The number of nitrogens with zero attached hydrogens (tertiary/aromatic N) is 1. The number of halogens is 1. The van der Waals surface area contributed by atoms with Gasteiger partial charge in [-0.25, -0.2) is 4.79 Å². The smallest absolute Gasteiger partial charge is 0.315 e. The fourth-order valence-corrected chi connectivity index (χ4v) is 2.35. The van der Waals surface area contributed by atoms with E-state index in [1.807, 2.05) is 26.0 Å². The van der Waals surface area contributed by atoms with Crippen molar-refractivity contribution in [1.82, 2.24) is 5.32 Å². The number of carbonyl (C=O) groups is 1. The first-order valence-corrected chi connectivity index (χ1v) is 7.37. The topological polar surface area (TPSA) is 50.7 Å². The highest BCUT2D eigenvalue weighted by atomic mass is 35.5. The number of oxime groups is 1. The Bertz CT molecular complexity index is 508. The molecule has 0 aliphatic rings. The highest BCUT2D eigenvalue weighted by molar-refractivity contribution is 6.30. The molecule has 1 N–H and O–H groups in total. The highest BCUT2D eigenvalue weighted by Gasteiger charge is 2.22. The van der Waals surface area contributed by atoms with E-state index in [-0.39, 0.29) is 5.54 Å². The third-order valence-corrected chi connectivity index (χ3v) is 3.14. The molecule has 0 heterocycles. The Morgan fingerprint density at radius 1 is 1.33 bits per heavy atom. The van der Waals surface area contributed by atoms with Crippen LogP contribution in [0.15, 0.2) is 29.4 Å². The van der Waals surface area contributed by atoms with Gasteiger partial charge in [-0.15, -0.1) is 0 Å². The normalized spacial score (nSPS) is 12.4. The molecule has 1 amide bonds. The lowest BCUT2D eigenvalue weighted by atomic mass is 9.93. The van der Waals surface area contributed by atoms with Crippen molar-refractivity contribution >= 4 is 23.4 Å². The number of nitrogens with one attached hydrogen (secondary N) is 1. The fourth-order valence-electron chi connectivity index (χ4n) is 2.22. The molecule has 1 aromatic carbocycles. The molecule has 0 aliphatic carbocycles. The molecule has 0 atom stereocenters. The van der Waals surface area contributed by atoms with Crippen molar-refractivity contribution in [3.63, 3.8) is 0 Å². The molecular formula is C16H23ClN2O2.